The summed E-state index contributed by atoms with van der Waals surface area (Å²) in [5, 5.41) is 18.2. The topological polar surface area (TPSA) is 59.0 Å². The van der Waals surface area contributed by atoms with Crippen LogP contribution in [-0.4, -0.2) is 0 Å². The minimum absolute atomic E-state index is 0.796. The maximum absolute atomic E-state index is 7.04. The zero-order chi connectivity index (χ0) is 69.5. The second-order valence-electron chi connectivity index (χ2n) is 27.7. The first-order valence-corrected chi connectivity index (χ1v) is 36.1. The lowest BCUT2D eigenvalue weighted by atomic mass is 9.92. The summed E-state index contributed by atoms with van der Waals surface area (Å²) in [6, 6.07) is 131. The Morgan fingerprint density at radius 2 is 0.594 bits per heavy atom. The van der Waals surface area contributed by atoms with Gasteiger partial charge in [0.1, 0.15) is 44.7 Å². The Morgan fingerprint density at radius 1 is 0.170 bits per heavy atom. The Balaban J connectivity index is 0.638. The second-order valence-corrected chi connectivity index (χ2v) is 27.7. The number of benzene rings is 18. The van der Waals surface area contributed by atoms with Gasteiger partial charge in [-0.2, -0.15) is 0 Å². The van der Waals surface area contributed by atoms with Crippen LogP contribution in [0.5, 0.6) is 0 Å². The molecule has 494 valence electrons. The van der Waals surface area contributed by atoms with E-state index in [4.69, 9.17) is 17.7 Å². The van der Waals surface area contributed by atoms with E-state index in [2.05, 4.69) is 356 Å². The molecule has 0 fully saturated rings. The predicted octanol–water partition coefficient (Wildman–Crippen LogP) is 29.2. The van der Waals surface area contributed by atoms with Gasteiger partial charge in [-0.15, -0.1) is 0 Å². The van der Waals surface area contributed by atoms with Crippen molar-refractivity contribution in [3.8, 4) is 55.6 Å². The molecule has 0 N–H and O–H groups in total. The van der Waals surface area contributed by atoms with Crippen molar-refractivity contribution in [2.75, 3.05) is 9.80 Å². The molecular weight excluding hydrogens is 1290 g/mol. The summed E-state index contributed by atoms with van der Waals surface area (Å²) in [6.07, 6.45) is 0. The molecule has 0 spiro atoms. The van der Waals surface area contributed by atoms with Gasteiger partial charge in [-0.05, 0) is 197 Å². The number of hydrogen-bond donors (Lipinski definition) is 0. The molecule has 0 atom stereocenters. The number of anilines is 6. The molecule has 106 heavy (non-hydrogen) atoms. The van der Waals surface area contributed by atoms with Gasteiger partial charge in [0, 0.05) is 66.1 Å². The van der Waals surface area contributed by atoms with Crippen LogP contribution < -0.4 is 9.80 Å². The van der Waals surface area contributed by atoms with E-state index in [-0.39, 0.29) is 0 Å². The van der Waals surface area contributed by atoms with Gasteiger partial charge in [-0.25, -0.2) is 0 Å². The lowest BCUT2D eigenvalue weighted by Crippen LogP contribution is -2.11. The molecule has 0 saturated carbocycles. The van der Waals surface area contributed by atoms with E-state index in [0.717, 1.165) is 172 Å². The summed E-state index contributed by atoms with van der Waals surface area (Å²) in [4.78, 5) is 4.80. The van der Waals surface area contributed by atoms with Crippen molar-refractivity contribution in [3.05, 3.63) is 364 Å². The average molecular weight is 1350 g/mol. The van der Waals surface area contributed by atoms with E-state index in [1.165, 1.54) is 48.7 Å². The molecular formula is C100H60N2O4. The standard InChI is InChI=1S/C100H60N2O4/c1-3-24-71-66(20-1)58-85(77-28-7-5-26-75(71)77)65-22-15-23-70(56-65)101(89-38-18-42-94-97(89)83-32-11-14-41-92(83)103-94)68-50-44-61(45-51-68)74-34-17-36-82-87-57-63(49-55-93(87)106-100(74)82)64-48-54-84-96(60-64)104-95-43-19-39-90(98(84)95)102(69-52-46-62(47-53-69)73-33-16-35-81-80-31-10-13-40-91(80)105-99(73)81)88-37-12-9-30-79(88)86-59-67-21-2-4-25-72(67)76-27-6-8-29-78(76)86/h1-60H. The molecule has 6 heteroatoms. The average Bonchev–Trinajstić information content (AvgIpc) is 1.06. The summed E-state index contributed by atoms with van der Waals surface area (Å²) < 4.78 is 27.1. The van der Waals surface area contributed by atoms with E-state index >= 15 is 0 Å². The fourth-order valence-corrected chi connectivity index (χ4v) is 17.0. The van der Waals surface area contributed by atoms with Crippen LogP contribution in [0.4, 0.5) is 34.1 Å². The van der Waals surface area contributed by atoms with E-state index in [1.54, 1.807) is 0 Å². The second kappa shape index (κ2) is 23.7. The van der Waals surface area contributed by atoms with Gasteiger partial charge in [0.2, 0.25) is 0 Å². The van der Waals surface area contributed by atoms with Crippen LogP contribution in [0.2, 0.25) is 0 Å². The Bertz CT molecular complexity index is 7360. The molecule has 22 aromatic rings. The van der Waals surface area contributed by atoms with Crippen LogP contribution in [0.15, 0.2) is 382 Å². The highest BCUT2D eigenvalue weighted by molar-refractivity contribution is 6.20. The third-order valence-corrected chi connectivity index (χ3v) is 21.8. The highest BCUT2D eigenvalue weighted by Gasteiger charge is 2.26. The quantitative estimate of drug-likeness (QED) is 0.120. The first-order valence-electron chi connectivity index (χ1n) is 36.1. The van der Waals surface area contributed by atoms with Gasteiger partial charge in [0.15, 0.2) is 0 Å². The normalized spacial score (nSPS) is 12.0. The number of hydrogen-bond acceptors (Lipinski definition) is 6. The maximum Gasteiger partial charge on any atom is 0.143 e. The van der Waals surface area contributed by atoms with Crippen LogP contribution >= 0.6 is 0 Å². The highest BCUT2D eigenvalue weighted by atomic mass is 16.3. The van der Waals surface area contributed by atoms with Crippen molar-refractivity contribution in [1.82, 2.24) is 0 Å². The lowest BCUT2D eigenvalue weighted by molar-refractivity contribution is 0.668. The number of para-hydroxylation sites is 5. The Kier molecular flexibility index (Phi) is 13.3. The molecule has 0 amide bonds. The Morgan fingerprint density at radius 3 is 1.26 bits per heavy atom. The van der Waals surface area contributed by atoms with Gasteiger partial charge < -0.3 is 27.5 Å². The minimum atomic E-state index is 0.796. The van der Waals surface area contributed by atoms with E-state index in [9.17, 15) is 0 Å². The first-order chi connectivity index (χ1) is 52.5. The number of furan rings is 4. The van der Waals surface area contributed by atoms with Crippen molar-refractivity contribution >= 4 is 165 Å². The van der Waals surface area contributed by atoms with Crippen molar-refractivity contribution in [2.45, 2.75) is 0 Å². The lowest BCUT2D eigenvalue weighted by Gasteiger charge is -2.29. The van der Waals surface area contributed by atoms with E-state index in [1.807, 2.05) is 18.2 Å². The molecule has 0 saturated heterocycles. The number of rotatable bonds is 11. The van der Waals surface area contributed by atoms with Gasteiger partial charge in [0.05, 0.1) is 27.8 Å². The molecule has 0 aliphatic carbocycles. The van der Waals surface area contributed by atoms with Crippen molar-refractivity contribution in [1.29, 1.82) is 0 Å². The van der Waals surface area contributed by atoms with Gasteiger partial charge in [-0.3, -0.25) is 0 Å². The number of fused-ring (bicyclic) bond motifs is 18. The summed E-state index contributed by atoms with van der Waals surface area (Å²) in [7, 11) is 0. The summed E-state index contributed by atoms with van der Waals surface area (Å²) >= 11 is 0. The fraction of sp³-hybridized carbons (Fsp3) is 0. The monoisotopic (exact) mass is 1350 g/mol. The molecule has 4 aromatic heterocycles. The van der Waals surface area contributed by atoms with Crippen LogP contribution in [0.25, 0.3) is 186 Å². The third kappa shape index (κ3) is 9.38. The molecule has 0 aliphatic heterocycles. The zero-order valence-electron chi connectivity index (χ0n) is 57.2. The Hall–Kier alpha value is -14.2. The molecule has 0 aliphatic rings. The van der Waals surface area contributed by atoms with Crippen LogP contribution in [-0.2, 0) is 0 Å². The molecule has 4 heterocycles. The largest absolute Gasteiger partial charge is 0.456 e. The number of nitrogens with zero attached hydrogens (tertiary/aromatic N) is 2. The smallest absolute Gasteiger partial charge is 0.143 e. The minimum Gasteiger partial charge on any atom is -0.456 e. The zero-order valence-corrected chi connectivity index (χ0v) is 57.2. The summed E-state index contributed by atoms with van der Waals surface area (Å²) in [6.45, 7) is 0. The molecule has 0 radical (unpaired) electrons. The van der Waals surface area contributed by atoms with E-state index in [0.29, 0.717) is 0 Å². The van der Waals surface area contributed by atoms with E-state index < -0.39 is 0 Å². The molecule has 18 aromatic carbocycles. The van der Waals surface area contributed by atoms with Gasteiger partial charge in [0.25, 0.3) is 0 Å². The first kappa shape index (κ1) is 59.5. The van der Waals surface area contributed by atoms with Crippen molar-refractivity contribution < 1.29 is 17.7 Å². The molecule has 6 nitrogen and oxygen atoms in total. The van der Waals surface area contributed by atoms with Crippen LogP contribution in [0, 0.1) is 0 Å². The van der Waals surface area contributed by atoms with Crippen LogP contribution in [0.1, 0.15) is 0 Å². The maximum atomic E-state index is 7.04. The van der Waals surface area contributed by atoms with Crippen LogP contribution in [0.3, 0.4) is 0 Å². The van der Waals surface area contributed by atoms with Crippen molar-refractivity contribution in [2.24, 2.45) is 0 Å². The molecule has 0 unspecified atom stereocenters. The summed E-state index contributed by atoms with van der Waals surface area (Å²) in [5.41, 5.74) is 23.7. The fourth-order valence-electron chi connectivity index (χ4n) is 17.0. The highest BCUT2D eigenvalue weighted by Crippen LogP contribution is 2.51. The SMILES string of the molecule is c1cc(-c2cc3ccccc3c3ccccc23)cc(N(c2ccc(-c3cccc4c3oc3ccc(-c5ccc6c(c5)oc5cccc(N(c7ccc(-c8cccc9c8oc8ccccc89)cc7)c7ccccc7-c7cc8ccccc8c8ccccc78)c56)cc34)cc2)c2cccc3oc4ccccc4c23)c1. The molecule has 22 rings (SSSR count). The molecule has 0 bridgehead atoms. The summed E-state index contributed by atoms with van der Waals surface area (Å²) in [5.74, 6) is 0. The Labute approximate surface area is 608 Å². The predicted molar refractivity (Wildman–Crippen MR) is 442 cm³/mol. The van der Waals surface area contributed by atoms with Gasteiger partial charge in [-0.1, -0.05) is 249 Å². The van der Waals surface area contributed by atoms with Gasteiger partial charge >= 0.3 is 0 Å². The van der Waals surface area contributed by atoms with Crippen molar-refractivity contribution in [3.63, 3.8) is 0 Å². The third-order valence-electron chi connectivity index (χ3n) is 21.8.